The molecule has 1 heterocycles. The van der Waals surface area contributed by atoms with Gasteiger partial charge in [-0.2, -0.15) is 5.10 Å². The molecule has 6 heteroatoms. The van der Waals surface area contributed by atoms with Crippen LogP contribution in [0, 0.1) is 19.8 Å². The summed E-state index contributed by atoms with van der Waals surface area (Å²) in [6.07, 6.45) is 0.312. The Morgan fingerprint density at radius 1 is 1.28 bits per heavy atom. The molecule has 5 nitrogen and oxygen atoms in total. The average Bonchev–Trinajstić information content (AvgIpc) is 2.83. The maximum absolute atomic E-state index is 12.5. The van der Waals surface area contributed by atoms with Gasteiger partial charge in [0.1, 0.15) is 0 Å². The highest BCUT2D eigenvalue weighted by Crippen LogP contribution is 2.20. The fourth-order valence-electron chi connectivity index (χ4n) is 2.71. The van der Waals surface area contributed by atoms with Gasteiger partial charge in [0.25, 0.3) is 0 Å². The molecule has 0 aliphatic carbocycles. The molecule has 2 aromatic rings. The number of halogens is 1. The Morgan fingerprint density at radius 3 is 2.40 bits per heavy atom. The second-order valence-electron chi connectivity index (χ2n) is 6.90. The maximum atomic E-state index is 12.5. The van der Waals surface area contributed by atoms with Crippen LogP contribution in [0.5, 0.6) is 0 Å². The fraction of sp³-hybridized carbons (Fsp3) is 0.474. The summed E-state index contributed by atoms with van der Waals surface area (Å²) in [4.78, 5) is 12.5. The van der Waals surface area contributed by atoms with Crippen molar-refractivity contribution < 1.29 is 4.79 Å². The van der Waals surface area contributed by atoms with E-state index in [1.54, 1.807) is 0 Å². The molecule has 0 saturated carbocycles. The number of aryl methyl sites for hydroxylation is 1. The first-order chi connectivity index (χ1) is 11.3. The predicted molar refractivity (Wildman–Crippen MR) is 104 cm³/mol. The molecule has 0 saturated heterocycles. The molecule has 2 rings (SSSR count). The van der Waals surface area contributed by atoms with Crippen LogP contribution < -0.4 is 11.1 Å². The van der Waals surface area contributed by atoms with Crippen molar-refractivity contribution in [2.45, 2.75) is 46.6 Å². The lowest BCUT2D eigenvalue weighted by atomic mass is 9.88. The standard InChI is InChI=1S/C19H28N4O.ClH/c1-13(2)19(5,12-20)21-18(24)11-17-14(3)22-23(15(17)4)16-9-7-6-8-10-16;/h6-10,13H,11-12,20H2,1-5H3,(H,21,24);1H. The van der Waals surface area contributed by atoms with Gasteiger partial charge in [0.2, 0.25) is 5.91 Å². The number of carbonyl (C=O) groups is 1. The SMILES string of the molecule is Cc1nn(-c2ccccc2)c(C)c1CC(=O)NC(C)(CN)C(C)C.Cl. The van der Waals surface area contributed by atoms with Gasteiger partial charge in [-0.15, -0.1) is 12.4 Å². The highest BCUT2D eigenvalue weighted by Gasteiger charge is 2.29. The summed E-state index contributed by atoms with van der Waals surface area (Å²) in [5, 5.41) is 7.69. The summed E-state index contributed by atoms with van der Waals surface area (Å²) < 4.78 is 1.89. The number of carbonyl (C=O) groups excluding carboxylic acids is 1. The first-order valence-corrected chi connectivity index (χ1v) is 8.40. The van der Waals surface area contributed by atoms with Gasteiger partial charge in [-0.05, 0) is 38.8 Å². The molecule has 1 aromatic heterocycles. The number of aromatic nitrogens is 2. The molecule has 0 radical (unpaired) electrons. The third-order valence-electron chi connectivity index (χ3n) is 4.90. The normalized spacial score (nSPS) is 13.2. The lowest BCUT2D eigenvalue weighted by Crippen LogP contribution is -2.55. The molecule has 1 amide bonds. The number of nitrogens with one attached hydrogen (secondary N) is 1. The molecule has 0 bridgehead atoms. The molecule has 0 fully saturated rings. The van der Waals surface area contributed by atoms with E-state index in [-0.39, 0.29) is 24.2 Å². The van der Waals surface area contributed by atoms with Crippen LogP contribution in [0.2, 0.25) is 0 Å². The molecule has 0 aliphatic rings. The molecule has 1 atom stereocenters. The number of rotatable bonds is 6. The quantitative estimate of drug-likeness (QED) is 0.827. The van der Waals surface area contributed by atoms with Crippen LogP contribution in [0.25, 0.3) is 5.69 Å². The highest BCUT2D eigenvalue weighted by molar-refractivity contribution is 5.85. The van der Waals surface area contributed by atoms with Gasteiger partial charge in [0, 0.05) is 17.8 Å². The summed E-state index contributed by atoms with van der Waals surface area (Å²) in [5.41, 5.74) is 9.31. The number of nitrogens with zero attached hydrogens (tertiary/aromatic N) is 2. The van der Waals surface area contributed by atoms with Crippen molar-refractivity contribution >= 4 is 18.3 Å². The van der Waals surface area contributed by atoms with Gasteiger partial charge in [0.15, 0.2) is 0 Å². The zero-order valence-electron chi connectivity index (χ0n) is 15.7. The number of hydrogen-bond acceptors (Lipinski definition) is 3. The smallest absolute Gasteiger partial charge is 0.225 e. The van der Waals surface area contributed by atoms with Crippen molar-refractivity contribution in [1.29, 1.82) is 0 Å². The van der Waals surface area contributed by atoms with E-state index in [1.807, 2.05) is 55.8 Å². The molecular formula is C19H29ClN4O. The summed E-state index contributed by atoms with van der Waals surface area (Å²) in [6, 6.07) is 9.95. The van der Waals surface area contributed by atoms with Crippen molar-refractivity contribution in [1.82, 2.24) is 15.1 Å². The van der Waals surface area contributed by atoms with Gasteiger partial charge in [-0.3, -0.25) is 4.79 Å². The van der Waals surface area contributed by atoms with E-state index in [2.05, 4.69) is 24.3 Å². The zero-order valence-corrected chi connectivity index (χ0v) is 16.5. The van der Waals surface area contributed by atoms with Gasteiger partial charge in [-0.25, -0.2) is 4.68 Å². The number of para-hydroxylation sites is 1. The Labute approximate surface area is 156 Å². The molecule has 1 unspecified atom stereocenters. The Morgan fingerprint density at radius 2 is 1.88 bits per heavy atom. The largest absolute Gasteiger partial charge is 0.349 e. The topological polar surface area (TPSA) is 72.9 Å². The molecule has 1 aromatic carbocycles. The first-order valence-electron chi connectivity index (χ1n) is 8.40. The van der Waals surface area contributed by atoms with Crippen LogP contribution in [-0.4, -0.2) is 27.8 Å². The first kappa shape index (κ1) is 21.2. The van der Waals surface area contributed by atoms with Gasteiger partial charge in [-0.1, -0.05) is 32.0 Å². The third-order valence-corrected chi connectivity index (χ3v) is 4.90. The fourth-order valence-corrected chi connectivity index (χ4v) is 2.71. The third kappa shape index (κ3) is 4.61. The molecule has 25 heavy (non-hydrogen) atoms. The second-order valence-corrected chi connectivity index (χ2v) is 6.90. The Bertz CT molecular complexity index is 712. The molecule has 3 N–H and O–H groups in total. The Balaban J connectivity index is 0.00000312. The summed E-state index contributed by atoms with van der Waals surface area (Å²) in [7, 11) is 0. The zero-order chi connectivity index (χ0) is 17.9. The van der Waals surface area contributed by atoms with Crippen molar-refractivity contribution in [3.63, 3.8) is 0 Å². The minimum absolute atomic E-state index is 0. The van der Waals surface area contributed by atoms with E-state index in [1.165, 1.54) is 0 Å². The van der Waals surface area contributed by atoms with E-state index in [9.17, 15) is 4.79 Å². The molecule has 0 aliphatic heterocycles. The van der Waals surface area contributed by atoms with Gasteiger partial charge in [0.05, 0.1) is 23.3 Å². The number of hydrogen-bond donors (Lipinski definition) is 2. The average molecular weight is 365 g/mol. The monoisotopic (exact) mass is 364 g/mol. The van der Waals surface area contributed by atoms with Gasteiger partial charge >= 0.3 is 0 Å². The number of benzene rings is 1. The Hall–Kier alpha value is -1.85. The highest BCUT2D eigenvalue weighted by atomic mass is 35.5. The van der Waals surface area contributed by atoms with E-state index in [0.717, 1.165) is 22.6 Å². The molecular weight excluding hydrogens is 336 g/mol. The van der Waals surface area contributed by atoms with Crippen molar-refractivity contribution in [2.75, 3.05) is 6.54 Å². The second kappa shape index (κ2) is 8.50. The van der Waals surface area contributed by atoms with Crippen LogP contribution in [0.3, 0.4) is 0 Å². The van der Waals surface area contributed by atoms with Crippen molar-refractivity contribution in [2.24, 2.45) is 11.7 Å². The summed E-state index contributed by atoms with van der Waals surface area (Å²) >= 11 is 0. The van der Waals surface area contributed by atoms with Crippen LogP contribution in [0.4, 0.5) is 0 Å². The molecule has 0 spiro atoms. The van der Waals surface area contributed by atoms with Crippen LogP contribution >= 0.6 is 12.4 Å². The lowest BCUT2D eigenvalue weighted by Gasteiger charge is -2.33. The minimum Gasteiger partial charge on any atom is -0.349 e. The van der Waals surface area contributed by atoms with Crippen LogP contribution in [-0.2, 0) is 11.2 Å². The number of amides is 1. The van der Waals surface area contributed by atoms with Crippen molar-refractivity contribution in [3.8, 4) is 5.69 Å². The maximum Gasteiger partial charge on any atom is 0.225 e. The van der Waals surface area contributed by atoms with E-state index in [4.69, 9.17) is 5.73 Å². The van der Waals surface area contributed by atoms with E-state index in [0.29, 0.717) is 13.0 Å². The van der Waals surface area contributed by atoms with Crippen LogP contribution in [0.15, 0.2) is 30.3 Å². The van der Waals surface area contributed by atoms with Crippen molar-refractivity contribution in [3.05, 3.63) is 47.3 Å². The Kier molecular flexibility index (Phi) is 7.20. The summed E-state index contributed by atoms with van der Waals surface area (Å²) in [6.45, 7) is 10.5. The van der Waals surface area contributed by atoms with Crippen LogP contribution in [0.1, 0.15) is 37.7 Å². The van der Waals surface area contributed by atoms with Gasteiger partial charge < -0.3 is 11.1 Å². The predicted octanol–water partition coefficient (Wildman–Crippen LogP) is 2.94. The number of nitrogens with two attached hydrogens (primary N) is 1. The van der Waals surface area contributed by atoms with E-state index < -0.39 is 5.54 Å². The minimum atomic E-state index is -0.395. The van der Waals surface area contributed by atoms with E-state index >= 15 is 0 Å². The molecule has 138 valence electrons. The lowest BCUT2D eigenvalue weighted by molar-refractivity contribution is -0.122. The summed E-state index contributed by atoms with van der Waals surface area (Å²) in [5.74, 6) is 0.246.